The Morgan fingerprint density at radius 3 is 2.81 bits per heavy atom. The highest BCUT2D eigenvalue weighted by atomic mass is 79.9. The minimum absolute atomic E-state index is 0.871. The summed E-state index contributed by atoms with van der Waals surface area (Å²) in [6.07, 6.45) is 5.41. The third kappa shape index (κ3) is 4.29. The SMILES string of the molecule is CCCCCSc1ncnc(NCC)c1Br. The summed E-state index contributed by atoms with van der Waals surface area (Å²) in [5.74, 6) is 2.00. The van der Waals surface area contributed by atoms with Gasteiger partial charge in [-0.25, -0.2) is 9.97 Å². The first-order chi connectivity index (χ1) is 7.79. The van der Waals surface area contributed by atoms with Crippen molar-refractivity contribution < 1.29 is 0 Å². The Kier molecular flexibility index (Phi) is 6.80. The lowest BCUT2D eigenvalue weighted by molar-refractivity contribution is 0.778. The summed E-state index contributed by atoms with van der Waals surface area (Å²) in [5, 5.41) is 4.24. The van der Waals surface area contributed by atoms with Crippen molar-refractivity contribution in [3.63, 3.8) is 0 Å². The molecule has 0 aromatic carbocycles. The first kappa shape index (κ1) is 13.8. The maximum absolute atomic E-state index is 4.28. The summed E-state index contributed by atoms with van der Waals surface area (Å²) in [7, 11) is 0. The predicted molar refractivity (Wildman–Crippen MR) is 74.1 cm³/mol. The Bertz CT molecular complexity index is 320. The van der Waals surface area contributed by atoms with Gasteiger partial charge in [-0.05, 0) is 35.0 Å². The standard InChI is InChI=1S/C11H18BrN3S/c1-3-5-6-7-16-11-9(12)10(13-4-2)14-8-15-11/h8H,3-7H2,1-2H3,(H,13,14,15). The van der Waals surface area contributed by atoms with E-state index in [9.17, 15) is 0 Å². The summed E-state index contributed by atoms with van der Waals surface area (Å²) < 4.78 is 0.985. The van der Waals surface area contributed by atoms with Crippen molar-refractivity contribution >= 4 is 33.5 Å². The molecule has 0 aliphatic carbocycles. The number of unbranched alkanes of at least 4 members (excludes halogenated alkanes) is 2. The highest BCUT2D eigenvalue weighted by Crippen LogP contribution is 2.30. The molecule has 16 heavy (non-hydrogen) atoms. The van der Waals surface area contributed by atoms with Crippen LogP contribution in [0.15, 0.2) is 15.8 Å². The lowest BCUT2D eigenvalue weighted by Gasteiger charge is -2.08. The van der Waals surface area contributed by atoms with Crippen molar-refractivity contribution in [3.05, 3.63) is 10.8 Å². The topological polar surface area (TPSA) is 37.8 Å². The number of halogens is 1. The quantitative estimate of drug-likeness (QED) is 0.470. The first-order valence-corrected chi connectivity index (χ1v) is 7.44. The Balaban J connectivity index is 2.55. The van der Waals surface area contributed by atoms with Gasteiger partial charge in [-0.2, -0.15) is 0 Å². The van der Waals surface area contributed by atoms with Crippen molar-refractivity contribution in [1.82, 2.24) is 9.97 Å². The molecule has 0 unspecified atom stereocenters. The maximum atomic E-state index is 4.28. The molecule has 0 aliphatic heterocycles. The van der Waals surface area contributed by atoms with Crippen LogP contribution in [0.4, 0.5) is 5.82 Å². The van der Waals surface area contributed by atoms with Crippen LogP contribution in [0.3, 0.4) is 0 Å². The van der Waals surface area contributed by atoms with E-state index < -0.39 is 0 Å². The fourth-order valence-electron chi connectivity index (χ4n) is 1.27. The summed E-state index contributed by atoms with van der Waals surface area (Å²) in [6, 6.07) is 0. The van der Waals surface area contributed by atoms with Crippen LogP contribution in [0.1, 0.15) is 33.1 Å². The van der Waals surface area contributed by atoms with Gasteiger partial charge in [0.15, 0.2) is 0 Å². The zero-order valence-corrected chi connectivity index (χ0v) is 12.2. The molecule has 1 heterocycles. The van der Waals surface area contributed by atoms with Crippen molar-refractivity contribution in [2.24, 2.45) is 0 Å². The Hall–Kier alpha value is -0.290. The second-order valence-corrected chi connectivity index (χ2v) is 5.30. The van der Waals surface area contributed by atoms with Gasteiger partial charge in [0.1, 0.15) is 17.2 Å². The van der Waals surface area contributed by atoms with Crippen molar-refractivity contribution in [2.45, 2.75) is 38.1 Å². The minimum Gasteiger partial charge on any atom is -0.369 e. The molecule has 5 heteroatoms. The first-order valence-electron chi connectivity index (χ1n) is 5.66. The van der Waals surface area contributed by atoms with Gasteiger partial charge in [0.25, 0.3) is 0 Å². The average Bonchev–Trinajstić information content (AvgIpc) is 2.29. The molecule has 0 radical (unpaired) electrons. The van der Waals surface area contributed by atoms with Crippen LogP contribution < -0.4 is 5.32 Å². The summed E-state index contributed by atoms with van der Waals surface area (Å²) >= 11 is 5.33. The molecule has 0 atom stereocenters. The molecule has 1 N–H and O–H groups in total. The molecule has 1 aromatic heterocycles. The minimum atomic E-state index is 0.871. The number of anilines is 1. The molecule has 0 aliphatic rings. The molecule has 0 amide bonds. The third-order valence-electron chi connectivity index (χ3n) is 2.09. The molecule has 3 nitrogen and oxygen atoms in total. The van der Waals surface area contributed by atoms with Crippen LogP contribution in [0, 0.1) is 0 Å². The van der Waals surface area contributed by atoms with Crippen molar-refractivity contribution in [2.75, 3.05) is 17.6 Å². The smallest absolute Gasteiger partial charge is 0.144 e. The van der Waals surface area contributed by atoms with Gasteiger partial charge in [-0.1, -0.05) is 19.8 Å². The van der Waals surface area contributed by atoms with Gasteiger partial charge in [0, 0.05) is 6.54 Å². The van der Waals surface area contributed by atoms with E-state index in [4.69, 9.17) is 0 Å². The largest absolute Gasteiger partial charge is 0.369 e. The Labute approximate surface area is 110 Å². The van der Waals surface area contributed by atoms with E-state index in [1.54, 1.807) is 18.1 Å². The number of hydrogen-bond donors (Lipinski definition) is 1. The van der Waals surface area contributed by atoms with E-state index in [-0.39, 0.29) is 0 Å². The number of thioether (sulfide) groups is 1. The fraction of sp³-hybridized carbons (Fsp3) is 0.636. The van der Waals surface area contributed by atoms with Gasteiger partial charge < -0.3 is 5.32 Å². The molecule has 0 bridgehead atoms. The lowest BCUT2D eigenvalue weighted by atomic mass is 10.3. The second-order valence-electron chi connectivity index (χ2n) is 3.43. The zero-order chi connectivity index (χ0) is 11.8. The van der Waals surface area contributed by atoms with Gasteiger partial charge in [-0.3, -0.25) is 0 Å². The second kappa shape index (κ2) is 7.90. The molecule has 1 aromatic rings. The number of rotatable bonds is 7. The molecule has 0 spiro atoms. The molecule has 90 valence electrons. The molecule has 0 saturated heterocycles. The summed E-state index contributed by atoms with van der Waals surface area (Å²) in [5.41, 5.74) is 0. The number of aromatic nitrogens is 2. The van der Waals surface area contributed by atoms with E-state index in [1.165, 1.54) is 19.3 Å². The fourth-order valence-corrected chi connectivity index (χ4v) is 2.84. The van der Waals surface area contributed by atoms with Crippen LogP contribution in [-0.2, 0) is 0 Å². The normalized spacial score (nSPS) is 10.4. The molecular formula is C11H18BrN3S. The number of nitrogens with zero attached hydrogens (tertiary/aromatic N) is 2. The maximum Gasteiger partial charge on any atom is 0.144 e. The van der Waals surface area contributed by atoms with Crippen LogP contribution in [0.25, 0.3) is 0 Å². The van der Waals surface area contributed by atoms with Crippen LogP contribution in [0.5, 0.6) is 0 Å². The third-order valence-corrected chi connectivity index (χ3v) is 4.18. The number of hydrogen-bond acceptors (Lipinski definition) is 4. The molecular weight excluding hydrogens is 286 g/mol. The van der Waals surface area contributed by atoms with Gasteiger partial charge in [-0.15, -0.1) is 11.8 Å². The van der Waals surface area contributed by atoms with Crippen molar-refractivity contribution in [1.29, 1.82) is 0 Å². The van der Waals surface area contributed by atoms with E-state index >= 15 is 0 Å². The summed E-state index contributed by atoms with van der Waals surface area (Å²) in [4.78, 5) is 8.47. The summed E-state index contributed by atoms with van der Waals surface area (Å²) in [6.45, 7) is 5.15. The monoisotopic (exact) mass is 303 g/mol. The molecule has 1 rings (SSSR count). The highest BCUT2D eigenvalue weighted by molar-refractivity contribution is 9.10. The number of nitrogens with one attached hydrogen (secondary N) is 1. The Morgan fingerprint density at radius 1 is 1.31 bits per heavy atom. The van der Waals surface area contributed by atoms with Crippen LogP contribution >= 0.6 is 27.7 Å². The van der Waals surface area contributed by atoms with E-state index in [2.05, 4.69) is 45.1 Å². The molecule has 0 saturated carbocycles. The molecule has 0 fully saturated rings. The Morgan fingerprint density at radius 2 is 2.12 bits per heavy atom. The predicted octanol–water partition coefficient (Wildman–Crippen LogP) is 3.95. The van der Waals surface area contributed by atoms with E-state index in [0.29, 0.717) is 0 Å². The average molecular weight is 304 g/mol. The zero-order valence-electron chi connectivity index (χ0n) is 9.79. The van der Waals surface area contributed by atoms with Gasteiger partial charge in [0.05, 0.1) is 4.47 Å². The van der Waals surface area contributed by atoms with Crippen LogP contribution in [-0.4, -0.2) is 22.3 Å². The lowest BCUT2D eigenvalue weighted by Crippen LogP contribution is -2.01. The van der Waals surface area contributed by atoms with Gasteiger partial charge in [0.2, 0.25) is 0 Å². The van der Waals surface area contributed by atoms with E-state index in [1.807, 2.05) is 0 Å². The highest BCUT2D eigenvalue weighted by Gasteiger charge is 2.07. The van der Waals surface area contributed by atoms with Crippen LogP contribution in [0.2, 0.25) is 0 Å². The van der Waals surface area contributed by atoms with Crippen molar-refractivity contribution in [3.8, 4) is 0 Å². The van der Waals surface area contributed by atoms with Gasteiger partial charge >= 0.3 is 0 Å². The van der Waals surface area contributed by atoms with E-state index in [0.717, 1.165) is 27.6 Å².